The zero-order valence-electron chi connectivity index (χ0n) is 12.5. The summed E-state index contributed by atoms with van der Waals surface area (Å²) in [6.07, 6.45) is 0. The SMILES string of the molecule is Cc1cc(NC(=O)CNNC(=O)C(C)Br)c(C)c(C)c1O. The molecule has 1 unspecified atom stereocenters. The smallest absolute Gasteiger partial charge is 0.247 e. The minimum atomic E-state index is -0.335. The van der Waals surface area contributed by atoms with Gasteiger partial charge in [-0.3, -0.25) is 15.0 Å². The van der Waals surface area contributed by atoms with Gasteiger partial charge in [0, 0.05) is 5.69 Å². The molecule has 0 aromatic heterocycles. The van der Waals surface area contributed by atoms with Crippen LogP contribution >= 0.6 is 15.9 Å². The van der Waals surface area contributed by atoms with Crippen molar-refractivity contribution in [1.29, 1.82) is 0 Å². The molecule has 2 amide bonds. The number of amides is 2. The molecule has 0 aliphatic heterocycles. The zero-order chi connectivity index (χ0) is 16.2. The summed E-state index contributed by atoms with van der Waals surface area (Å²) in [5, 5.41) is 12.6. The van der Waals surface area contributed by atoms with E-state index in [2.05, 4.69) is 32.1 Å². The Labute approximate surface area is 132 Å². The van der Waals surface area contributed by atoms with Crippen LogP contribution in [0.15, 0.2) is 6.07 Å². The predicted molar refractivity (Wildman–Crippen MR) is 85.5 cm³/mol. The van der Waals surface area contributed by atoms with Crippen molar-refractivity contribution in [2.75, 3.05) is 11.9 Å². The van der Waals surface area contributed by atoms with Crippen LogP contribution in [0.25, 0.3) is 0 Å². The van der Waals surface area contributed by atoms with E-state index < -0.39 is 0 Å². The van der Waals surface area contributed by atoms with Gasteiger partial charge in [-0.25, -0.2) is 5.43 Å². The lowest BCUT2D eigenvalue weighted by Crippen LogP contribution is -2.44. The van der Waals surface area contributed by atoms with Crippen LogP contribution in [0.5, 0.6) is 5.75 Å². The van der Waals surface area contributed by atoms with Crippen LogP contribution in [0.4, 0.5) is 5.69 Å². The summed E-state index contributed by atoms with van der Waals surface area (Å²) < 4.78 is 0. The van der Waals surface area contributed by atoms with Crippen molar-refractivity contribution in [2.45, 2.75) is 32.5 Å². The van der Waals surface area contributed by atoms with Gasteiger partial charge in [-0.1, -0.05) is 15.9 Å². The van der Waals surface area contributed by atoms with Crippen LogP contribution in [0, 0.1) is 20.8 Å². The van der Waals surface area contributed by atoms with Crippen molar-refractivity contribution in [1.82, 2.24) is 10.9 Å². The van der Waals surface area contributed by atoms with Crippen molar-refractivity contribution in [2.24, 2.45) is 0 Å². The van der Waals surface area contributed by atoms with Crippen LogP contribution in [-0.2, 0) is 9.59 Å². The Balaban J connectivity index is 2.62. The average Bonchev–Trinajstić information content (AvgIpc) is 2.42. The molecule has 1 atom stereocenters. The largest absolute Gasteiger partial charge is 0.507 e. The van der Waals surface area contributed by atoms with Crippen LogP contribution in [0.1, 0.15) is 23.6 Å². The first-order chi connectivity index (χ1) is 9.73. The third-order valence-corrected chi connectivity index (χ3v) is 3.57. The molecule has 0 radical (unpaired) electrons. The molecule has 7 heteroatoms. The van der Waals surface area contributed by atoms with E-state index in [9.17, 15) is 14.7 Å². The number of benzene rings is 1. The quantitative estimate of drug-likeness (QED) is 0.366. The van der Waals surface area contributed by atoms with Gasteiger partial charge in [0.2, 0.25) is 11.8 Å². The third kappa shape index (κ3) is 4.71. The van der Waals surface area contributed by atoms with Crippen LogP contribution < -0.4 is 16.2 Å². The van der Waals surface area contributed by atoms with Crippen LogP contribution in [-0.4, -0.2) is 28.3 Å². The van der Waals surface area contributed by atoms with Crippen molar-refractivity contribution >= 4 is 33.4 Å². The molecule has 0 fully saturated rings. The number of carbonyl (C=O) groups excluding carboxylic acids is 2. The standard InChI is InChI=1S/C14H20BrN3O3/c1-7-5-11(8(2)9(3)13(7)20)17-12(19)6-16-18-14(21)10(4)15/h5,10,16,20H,6H2,1-4H3,(H,17,19)(H,18,21). The molecule has 1 rings (SSSR count). The fourth-order valence-electron chi connectivity index (χ4n) is 1.70. The number of phenolic OH excluding ortho intramolecular Hbond substituents is 1. The molecule has 0 aliphatic rings. The summed E-state index contributed by atoms with van der Waals surface area (Å²) in [7, 11) is 0. The average molecular weight is 358 g/mol. The molecular weight excluding hydrogens is 338 g/mol. The highest BCUT2D eigenvalue weighted by molar-refractivity contribution is 9.10. The van der Waals surface area contributed by atoms with Gasteiger partial charge in [0.15, 0.2) is 0 Å². The molecular formula is C14H20BrN3O3. The number of phenols is 1. The van der Waals surface area contributed by atoms with Gasteiger partial charge in [-0.2, -0.15) is 0 Å². The highest BCUT2D eigenvalue weighted by Crippen LogP contribution is 2.30. The molecule has 0 aliphatic carbocycles. The zero-order valence-corrected chi connectivity index (χ0v) is 14.1. The number of aryl methyl sites for hydroxylation is 1. The van der Waals surface area contributed by atoms with E-state index in [1.54, 1.807) is 26.8 Å². The van der Waals surface area contributed by atoms with Gasteiger partial charge in [-0.05, 0) is 50.5 Å². The van der Waals surface area contributed by atoms with Gasteiger partial charge in [0.25, 0.3) is 0 Å². The highest BCUT2D eigenvalue weighted by Gasteiger charge is 2.12. The number of halogens is 1. The molecule has 116 valence electrons. The molecule has 21 heavy (non-hydrogen) atoms. The Kier molecular flexibility index (Phi) is 6.17. The number of alkyl halides is 1. The lowest BCUT2D eigenvalue weighted by Gasteiger charge is -2.14. The van der Waals surface area contributed by atoms with Gasteiger partial charge in [-0.15, -0.1) is 0 Å². The lowest BCUT2D eigenvalue weighted by atomic mass is 10.0. The molecule has 1 aromatic rings. The summed E-state index contributed by atoms with van der Waals surface area (Å²) in [4.78, 5) is 22.8. The van der Waals surface area contributed by atoms with E-state index in [0.29, 0.717) is 11.3 Å². The van der Waals surface area contributed by atoms with Crippen molar-refractivity contribution in [3.05, 3.63) is 22.8 Å². The minimum Gasteiger partial charge on any atom is -0.507 e. The van der Waals surface area contributed by atoms with E-state index in [0.717, 1.165) is 11.1 Å². The summed E-state index contributed by atoms with van der Waals surface area (Å²) in [5.74, 6) is -0.303. The third-order valence-electron chi connectivity index (χ3n) is 3.15. The summed E-state index contributed by atoms with van der Waals surface area (Å²) in [5.41, 5.74) is 7.85. The molecule has 4 N–H and O–H groups in total. The van der Waals surface area contributed by atoms with Crippen LogP contribution in [0.3, 0.4) is 0 Å². The van der Waals surface area contributed by atoms with E-state index in [1.807, 2.05) is 6.92 Å². The number of rotatable bonds is 5. The second kappa shape index (κ2) is 7.42. The number of hydrazine groups is 1. The van der Waals surface area contributed by atoms with E-state index in [4.69, 9.17) is 0 Å². The highest BCUT2D eigenvalue weighted by atomic mass is 79.9. The maximum Gasteiger partial charge on any atom is 0.247 e. The molecule has 0 bridgehead atoms. The summed E-state index contributed by atoms with van der Waals surface area (Å²) in [6, 6.07) is 1.72. The van der Waals surface area contributed by atoms with Crippen LogP contribution in [0.2, 0.25) is 0 Å². The summed E-state index contributed by atoms with van der Waals surface area (Å²) >= 11 is 3.12. The fourth-order valence-corrected chi connectivity index (χ4v) is 1.82. The number of hydrogen-bond acceptors (Lipinski definition) is 4. The topological polar surface area (TPSA) is 90.5 Å². The van der Waals surface area contributed by atoms with Gasteiger partial charge < -0.3 is 10.4 Å². The number of anilines is 1. The molecule has 1 aromatic carbocycles. The van der Waals surface area contributed by atoms with Crippen molar-refractivity contribution < 1.29 is 14.7 Å². The number of aromatic hydroxyl groups is 1. The molecule has 0 saturated heterocycles. The number of hydrogen-bond donors (Lipinski definition) is 4. The molecule has 0 spiro atoms. The van der Waals surface area contributed by atoms with Gasteiger partial charge in [0.05, 0.1) is 11.4 Å². The Bertz CT molecular complexity index is 559. The Morgan fingerprint density at radius 3 is 2.48 bits per heavy atom. The Morgan fingerprint density at radius 2 is 1.90 bits per heavy atom. The monoisotopic (exact) mass is 357 g/mol. The molecule has 0 heterocycles. The second-order valence-corrected chi connectivity index (χ2v) is 6.22. The molecule has 6 nitrogen and oxygen atoms in total. The molecule has 0 saturated carbocycles. The maximum absolute atomic E-state index is 11.8. The minimum absolute atomic E-state index is 0.0517. The lowest BCUT2D eigenvalue weighted by molar-refractivity contribution is -0.121. The van der Waals surface area contributed by atoms with E-state index in [1.165, 1.54) is 0 Å². The maximum atomic E-state index is 11.8. The first-order valence-corrected chi connectivity index (χ1v) is 7.42. The van der Waals surface area contributed by atoms with E-state index in [-0.39, 0.29) is 28.9 Å². The Hall–Kier alpha value is -1.60. The normalized spacial score (nSPS) is 11.9. The first kappa shape index (κ1) is 17.5. The van der Waals surface area contributed by atoms with Crippen molar-refractivity contribution in [3.63, 3.8) is 0 Å². The second-order valence-electron chi connectivity index (χ2n) is 4.85. The van der Waals surface area contributed by atoms with Gasteiger partial charge in [0.1, 0.15) is 5.75 Å². The summed E-state index contributed by atoms with van der Waals surface area (Å²) in [6.45, 7) is 7.02. The number of carbonyl (C=O) groups is 2. The first-order valence-electron chi connectivity index (χ1n) is 6.50. The number of nitrogens with one attached hydrogen (secondary N) is 3. The Morgan fingerprint density at radius 1 is 1.29 bits per heavy atom. The van der Waals surface area contributed by atoms with E-state index >= 15 is 0 Å². The predicted octanol–water partition coefficient (Wildman–Crippen LogP) is 1.66. The van der Waals surface area contributed by atoms with Gasteiger partial charge >= 0.3 is 0 Å². The fraction of sp³-hybridized carbons (Fsp3) is 0.429. The van der Waals surface area contributed by atoms with Crippen molar-refractivity contribution in [3.8, 4) is 5.75 Å².